The summed E-state index contributed by atoms with van der Waals surface area (Å²) >= 11 is 0. The quantitative estimate of drug-likeness (QED) is 0.878. The molecule has 17 heavy (non-hydrogen) atoms. The minimum absolute atomic E-state index is 0.521. The van der Waals surface area contributed by atoms with Crippen LogP contribution in [0.1, 0.15) is 17.3 Å². The van der Waals surface area contributed by atoms with Gasteiger partial charge >= 0.3 is 0 Å². The highest BCUT2D eigenvalue weighted by Gasteiger charge is 2.05. The van der Waals surface area contributed by atoms with Crippen LogP contribution in [0.25, 0.3) is 0 Å². The van der Waals surface area contributed by atoms with Crippen LogP contribution >= 0.6 is 0 Å². The van der Waals surface area contributed by atoms with Gasteiger partial charge < -0.3 is 14.5 Å². The summed E-state index contributed by atoms with van der Waals surface area (Å²) < 4.78 is 10.6. The number of oxazole rings is 1. The summed E-state index contributed by atoms with van der Waals surface area (Å²) in [6.45, 7) is 4.32. The molecule has 0 aliphatic rings. The lowest BCUT2D eigenvalue weighted by Crippen LogP contribution is -2.02. The standard InChI is InChI=1S/C12H15N3O2/c1-8-4-10(11(16-3)6-13-8)14-7-12-15-5-9(2)17-12/h4-6H,7H2,1-3H3,(H,13,14). The molecule has 5 heteroatoms. The van der Waals surface area contributed by atoms with E-state index in [1.165, 1.54) is 0 Å². The summed E-state index contributed by atoms with van der Waals surface area (Å²) in [5.41, 5.74) is 1.81. The third kappa shape index (κ3) is 2.75. The molecule has 0 saturated carbocycles. The van der Waals surface area contributed by atoms with Crippen LogP contribution in [-0.2, 0) is 6.54 Å². The van der Waals surface area contributed by atoms with Crippen LogP contribution in [0.2, 0.25) is 0 Å². The number of nitrogens with zero attached hydrogens (tertiary/aromatic N) is 2. The number of pyridine rings is 1. The zero-order valence-electron chi connectivity index (χ0n) is 10.2. The molecular weight excluding hydrogens is 218 g/mol. The van der Waals surface area contributed by atoms with E-state index in [-0.39, 0.29) is 0 Å². The molecule has 0 spiro atoms. The van der Waals surface area contributed by atoms with Gasteiger partial charge in [0.1, 0.15) is 5.76 Å². The van der Waals surface area contributed by atoms with Gasteiger partial charge in [0.15, 0.2) is 5.75 Å². The Kier molecular flexibility index (Phi) is 3.27. The van der Waals surface area contributed by atoms with Crippen LogP contribution in [0.15, 0.2) is 22.9 Å². The highest BCUT2D eigenvalue weighted by atomic mass is 16.5. The molecule has 0 radical (unpaired) electrons. The van der Waals surface area contributed by atoms with Gasteiger partial charge in [0.2, 0.25) is 5.89 Å². The summed E-state index contributed by atoms with van der Waals surface area (Å²) in [7, 11) is 1.62. The van der Waals surface area contributed by atoms with Gasteiger partial charge in [0.05, 0.1) is 31.7 Å². The maximum atomic E-state index is 5.38. The van der Waals surface area contributed by atoms with Crippen molar-refractivity contribution < 1.29 is 9.15 Å². The van der Waals surface area contributed by atoms with E-state index in [2.05, 4.69) is 15.3 Å². The molecule has 0 unspecified atom stereocenters. The second kappa shape index (κ2) is 4.86. The van der Waals surface area contributed by atoms with E-state index >= 15 is 0 Å². The molecule has 0 saturated heterocycles. The number of rotatable bonds is 4. The van der Waals surface area contributed by atoms with Crippen molar-refractivity contribution in [3.63, 3.8) is 0 Å². The maximum absolute atomic E-state index is 5.38. The predicted octanol–water partition coefficient (Wildman–Crippen LogP) is 2.31. The average molecular weight is 233 g/mol. The topological polar surface area (TPSA) is 60.2 Å². The Bertz CT molecular complexity index is 508. The van der Waals surface area contributed by atoms with E-state index in [9.17, 15) is 0 Å². The normalized spacial score (nSPS) is 10.3. The Labute approximate surface area is 99.8 Å². The van der Waals surface area contributed by atoms with Gasteiger partial charge in [0, 0.05) is 5.69 Å². The van der Waals surface area contributed by atoms with Crippen molar-refractivity contribution in [3.8, 4) is 5.75 Å². The SMILES string of the molecule is COc1cnc(C)cc1NCc1ncc(C)o1. The Morgan fingerprint density at radius 2 is 2.12 bits per heavy atom. The molecule has 0 bridgehead atoms. The van der Waals surface area contributed by atoms with Crippen molar-refractivity contribution in [3.05, 3.63) is 35.8 Å². The van der Waals surface area contributed by atoms with Crippen LogP contribution in [-0.4, -0.2) is 17.1 Å². The van der Waals surface area contributed by atoms with Crippen LogP contribution in [0.5, 0.6) is 5.75 Å². The zero-order chi connectivity index (χ0) is 12.3. The molecule has 0 aliphatic heterocycles. The molecule has 0 fully saturated rings. The first-order valence-corrected chi connectivity index (χ1v) is 5.35. The van der Waals surface area contributed by atoms with Gasteiger partial charge in [0.25, 0.3) is 0 Å². The van der Waals surface area contributed by atoms with Gasteiger partial charge in [-0.25, -0.2) is 4.98 Å². The van der Waals surface area contributed by atoms with Gasteiger partial charge in [-0.15, -0.1) is 0 Å². The number of ether oxygens (including phenoxy) is 1. The predicted molar refractivity (Wildman–Crippen MR) is 64.1 cm³/mol. The molecule has 2 aromatic heterocycles. The molecule has 2 aromatic rings. The van der Waals surface area contributed by atoms with Crippen LogP contribution < -0.4 is 10.1 Å². The Balaban J connectivity index is 2.10. The van der Waals surface area contributed by atoms with E-state index in [1.807, 2.05) is 19.9 Å². The fourth-order valence-electron chi connectivity index (χ4n) is 1.50. The van der Waals surface area contributed by atoms with Gasteiger partial charge in [-0.05, 0) is 19.9 Å². The largest absolute Gasteiger partial charge is 0.493 e. The van der Waals surface area contributed by atoms with E-state index in [0.717, 1.165) is 17.1 Å². The lowest BCUT2D eigenvalue weighted by Gasteiger charge is -2.09. The van der Waals surface area contributed by atoms with Crippen molar-refractivity contribution in [1.82, 2.24) is 9.97 Å². The van der Waals surface area contributed by atoms with E-state index in [1.54, 1.807) is 19.5 Å². The van der Waals surface area contributed by atoms with Gasteiger partial charge in [-0.3, -0.25) is 4.98 Å². The second-order valence-corrected chi connectivity index (χ2v) is 3.74. The van der Waals surface area contributed by atoms with Gasteiger partial charge in [-0.1, -0.05) is 0 Å². The van der Waals surface area contributed by atoms with Gasteiger partial charge in [-0.2, -0.15) is 0 Å². The van der Waals surface area contributed by atoms with Crippen molar-refractivity contribution in [2.24, 2.45) is 0 Å². The average Bonchev–Trinajstić information content (AvgIpc) is 2.73. The molecule has 90 valence electrons. The lowest BCUT2D eigenvalue weighted by molar-refractivity contribution is 0.414. The van der Waals surface area contributed by atoms with Crippen molar-refractivity contribution in [2.75, 3.05) is 12.4 Å². The molecule has 0 aromatic carbocycles. The van der Waals surface area contributed by atoms with Crippen molar-refractivity contribution in [1.29, 1.82) is 0 Å². The monoisotopic (exact) mass is 233 g/mol. The minimum atomic E-state index is 0.521. The third-order valence-electron chi connectivity index (χ3n) is 2.32. The summed E-state index contributed by atoms with van der Waals surface area (Å²) in [6, 6.07) is 1.93. The molecular formula is C12H15N3O2. The number of hydrogen-bond acceptors (Lipinski definition) is 5. The first kappa shape index (κ1) is 11.4. The summed E-state index contributed by atoms with van der Waals surface area (Å²) in [5.74, 6) is 2.16. The number of anilines is 1. The summed E-state index contributed by atoms with van der Waals surface area (Å²) in [5, 5.41) is 3.21. The molecule has 0 atom stereocenters. The summed E-state index contributed by atoms with van der Waals surface area (Å²) in [4.78, 5) is 8.29. The van der Waals surface area contributed by atoms with Crippen molar-refractivity contribution in [2.45, 2.75) is 20.4 Å². The number of aryl methyl sites for hydroxylation is 2. The fraction of sp³-hybridized carbons (Fsp3) is 0.333. The first-order chi connectivity index (χ1) is 8.19. The smallest absolute Gasteiger partial charge is 0.213 e. The van der Waals surface area contributed by atoms with Crippen LogP contribution in [0, 0.1) is 13.8 Å². The second-order valence-electron chi connectivity index (χ2n) is 3.74. The Morgan fingerprint density at radius 1 is 1.29 bits per heavy atom. The number of aromatic nitrogens is 2. The van der Waals surface area contributed by atoms with Crippen LogP contribution in [0.3, 0.4) is 0 Å². The van der Waals surface area contributed by atoms with E-state index in [0.29, 0.717) is 18.2 Å². The molecule has 2 rings (SSSR count). The highest BCUT2D eigenvalue weighted by molar-refractivity contribution is 5.55. The highest BCUT2D eigenvalue weighted by Crippen LogP contribution is 2.23. The fourth-order valence-corrected chi connectivity index (χ4v) is 1.50. The van der Waals surface area contributed by atoms with E-state index in [4.69, 9.17) is 9.15 Å². The number of hydrogen-bond donors (Lipinski definition) is 1. The molecule has 5 nitrogen and oxygen atoms in total. The zero-order valence-corrected chi connectivity index (χ0v) is 10.2. The van der Waals surface area contributed by atoms with E-state index < -0.39 is 0 Å². The maximum Gasteiger partial charge on any atom is 0.213 e. The number of nitrogens with one attached hydrogen (secondary N) is 1. The Morgan fingerprint density at radius 3 is 2.76 bits per heavy atom. The lowest BCUT2D eigenvalue weighted by atomic mass is 10.3. The summed E-state index contributed by atoms with van der Waals surface area (Å²) in [6.07, 6.45) is 3.39. The number of methoxy groups -OCH3 is 1. The van der Waals surface area contributed by atoms with Crippen molar-refractivity contribution >= 4 is 5.69 Å². The molecule has 0 aliphatic carbocycles. The van der Waals surface area contributed by atoms with Crippen LogP contribution in [0.4, 0.5) is 5.69 Å². The molecule has 1 N–H and O–H groups in total. The molecule has 0 amide bonds. The minimum Gasteiger partial charge on any atom is -0.493 e. The Hall–Kier alpha value is -2.04. The molecule has 2 heterocycles. The first-order valence-electron chi connectivity index (χ1n) is 5.35. The third-order valence-corrected chi connectivity index (χ3v) is 2.32.